The Kier molecular flexibility index (Phi) is 15.5. The number of carboxylic acid groups (broad SMARTS) is 1. The van der Waals surface area contributed by atoms with Crippen molar-refractivity contribution >= 4 is 18.2 Å². The lowest BCUT2D eigenvalue weighted by molar-refractivity contribution is -0.139. The summed E-state index contributed by atoms with van der Waals surface area (Å²) >= 11 is 0. The number of hydrogen-bond donors (Lipinski definition) is 4. The van der Waals surface area contributed by atoms with Crippen LogP contribution >= 0.6 is 0 Å². The van der Waals surface area contributed by atoms with Gasteiger partial charge < -0.3 is 30.5 Å². The van der Waals surface area contributed by atoms with Crippen LogP contribution in [0.3, 0.4) is 0 Å². The van der Waals surface area contributed by atoms with Gasteiger partial charge in [-0.2, -0.15) is 0 Å². The fourth-order valence-electron chi connectivity index (χ4n) is 5.02. The van der Waals surface area contributed by atoms with Crippen molar-refractivity contribution in [2.24, 2.45) is 0 Å². The number of alkyl carbamates (subject to hydrolysis) is 2. The third-order valence-electron chi connectivity index (χ3n) is 7.07. The van der Waals surface area contributed by atoms with Gasteiger partial charge in [-0.15, -0.1) is 0 Å². The summed E-state index contributed by atoms with van der Waals surface area (Å²) in [6.07, 6.45) is 14.6. The Morgan fingerprint density at radius 2 is 1.45 bits per heavy atom. The van der Waals surface area contributed by atoms with E-state index < -0.39 is 29.8 Å². The number of ether oxygens (including phenoxy) is 2. The van der Waals surface area contributed by atoms with Gasteiger partial charge in [0.25, 0.3) is 0 Å². The van der Waals surface area contributed by atoms with Crippen molar-refractivity contribution < 1.29 is 29.0 Å². The molecule has 2 fully saturated rings. The van der Waals surface area contributed by atoms with Gasteiger partial charge in [0.1, 0.15) is 18.2 Å². The molecular weight excluding hydrogens is 510 g/mol. The molecule has 0 unspecified atom stereocenters. The number of aliphatic carboxylic acids is 1. The van der Waals surface area contributed by atoms with Crippen LogP contribution in [-0.4, -0.2) is 53.5 Å². The van der Waals surface area contributed by atoms with Gasteiger partial charge >= 0.3 is 18.2 Å². The number of unbranched alkanes of at least 4 members (excludes halogenated alkanes) is 1. The van der Waals surface area contributed by atoms with E-state index in [2.05, 4.69) is 16.0 Å². The van der Waals surface area contributed by atoms with E-state index in [1.54, 1.807) is 20.8 Å². The van der Waals surface area contributed by atoms with Crippen LogP contribution in [0.4, 0.5) is 9.59 Å². The van der Waals surface area contributed by atoms with Gasteiger partial charge in [-0.25, -0.2) is 14.4 Å². The van der Waals surface area contributed by atoms with Crippen LogP contribution in [0.15, 0.2) is 30.3 Å². The summed E-state index contributed by atoms with van der Waals surface area (Å²) in [5.41, 5.74) is 0.196. The van der Waals surface area contributed by atoms with Crippen molar-refractivity contribution in [1.29, 1.82) is 0 Å². The number of carbonyl (C=O) groups is 3. The highest BCUT2D eigenvalue weighted by Crippen LogP contribution is 2.22. The largest absolute Gasteiger partial charge is 0.480 e. The van der Waals surface area contributed by atoms with Crippen molar-refractivity contribution in [3.05, 3.63) is 35.9 Å². The van der Waals surface area contributed by atoms with E-state index in [1.807, 2.05) is 30.3 Å². The molecule has 0 spiro atoms. The van der Waals surface area contributed by atoms with Gasteiger partial charge in [-0.3, -0.25) is 0 Å². The molecule has 9 heteroatoms. The molecule has 2 aliphatic rings. The standard InChI is InChI=1S/C19H28N2O6.C12H23N/c1-19(2,3)27-18(25)21-15(16(22)23)11-7-8-12-20-17(24)26-13-14-9-5-4-6-10-14;1-3-7-11(8-4-1)13-12-9-5-2-6-10-12/h4-6,9-10,15H,7-8,11-13H2,1-3H3,(H,20,24)(H,21,25)(H,22,23);11-13H,1-10H2/t15-;/m1./s1. The highest BCUT2D eigenvalue weighted by Gasteiger charge is 2.23. The van der Waals surface area contributed by atoms with Gasteiger partial charge in [0.05, 0.1) is 0 Å². The maximum absolute atomic E-state index is 11.7. The first-order chi connectivity index (χ1) is 19.1. The predicted octanol–water partition coefficient (Wildman–Crippen LogP) is 6.30. The molecule has 0 radical (unpaired) electrons. The zero-order valence-electron chi connectivity index (χ0n) is 24.7. The maximum Gasteiger partial charge on any atom is 0.408 e. The summed E-state index contributed by atoms with van der Waals surface area (Å²) in [7, 11) is 0. The Morgan fingerprint density at radius 3 is 1.98 bits per heavy atom. The predicted molar refractivity (Wildman–Crippen MR) is 156 cm³/mol. The fraction of sp³-hybridized carbons (Fsp3) is 0.710. The van der Waals surface area contributed by atoms with Crippen LogP contribution in [0.2, 0.25) is 0 Å². The number of carbonyl (C=O) groups excluding carboxylic acids is 2. The van der Waals surface area contributed by atoms with Crippen LogP contribution in [0.5, 0.6) is 0 Å². The average molecular weight is 562 g/mol. The molecule has 2 saturated carbocycles. The molecule has 40 heavy (non-hydrogen) atoms. The third-order valence-corrected chi connectivity index (χ3v) is 7.07. The molecule has 226 valence electrons. The minimum absolute atomic E-state index is 0.188. The summed E-state index contributed by atoms with van der Waals surface area (Å²) in [5, 5.41) is 18.0. The highest BCUT2D eigenvalue weighted by atomic mass is 16.6. The Balaban J connectivity index is 0.000000355. The molecule has 3 rings (SSSR count). The van der Waals surface area contributed by atoms with E-state index >= 15 is 0 Å². The molecule has 2 aliphatic carbocycles. The molecule has 0 saturated heterocycles. The summed E-state index contributed by atoms with van der Waals surface area (Å²) in [6, 6.07) is 10.0. The van der Waals surface area contributed by atoms with Gasteiger partial charge in [0, 0.05) is 18.6 Å². The minimum Gasteiger partial charge on any atom is -0.480 e. The number of benzene rings is 1. The van der Waals surface area contributed by atoms with E-state index in [-0.39, 0.29) is 13.0 Å². The number of nitrogens with one attached hydrogen (secondary N) is 3. The summed E-state index contributed by atoms with van der Waals surface area (Å²) in [4.78, 5) is 34.5. The lowest BCUT2D eigenvalue weighted by Crippen LogP contribution is -2.43. The van der Waals surface area contributed by atoms with Crippen molar-refractivity contribution in [1.82, 2.24) is 16.0 Å². The SMILES string of the molecule is C1CCC(NC2CCCCC2)CC1.CC(C)(C)OC(=O)N[C@H](CCCCNC(=O)OCc1ccccc1)C(=O)O. The number of carboxylic acids is 1. The lowest BCUT2D eigenvalue weighted by Gasteiger charge is -2.30. The molecule has 1 aromatic rings. The van der Waals surface area contributed by atoms with E-state index in [1.165, 1.54) is 64.2 Å². The smallest absolute Gasteiger partial charge is 0.408 e. The van der Waals surface area contributed by atoms with Gasteiger partial charge in [-0.05, 0) is 71.3 Å². The quantitative estimate of drug-likeness (QED) is 0.234. The Bertz CT molecular complexity index is 846. The molecule has 0 aliphatic heterocycles. The van der Waals surface area contributed by atoms with Gasteiger partial charge in [0.15, 0.2) is 0 Å². The normalized spacial score (nSPS) is 17.1. The average Bonchev–Trinajstić information content (AvgIpc) is 2.92. The first kappa shape index (κ1) is 33.4. The summed E-state index contributed by atoms with van der Waals surface area (Å²) < 4.78 is 10.1. The van der Waals surface area contributed by atoms with E-state index in [9.17, 15) is 19.5 Å². The van der Waals surface area contributed by atoms with Crippen molar-refractivity contribution in [3.8, 4) is 0 Å². The summed E-state index contributed by atoms with van der Waals surface area (Å²) in [5.74, 6) is -1.13. The molecular formula is C31H51N3O6. The lowest BCUT2D eigenvalue weighted by atomic mass is 9.91. The molecule has 1 aromatic carbocycles. The van der Waals surface area contributed by atoms with E-state index in [4.69, 9.17) is 9.47 Å². The molecule has 4 N–H and O–H groups in total. The van der Waals surface area contributed by atoms with Crippen LogP contribution in [-0.2, 0) is 20.9 Å². The zero-order chi connectivity index (χ0) is 29.2. The Morgan fingerprint density at radius 1 is 0.875 bits per heavy atom. The van der Waals surface area contributed by atoms with Crippen LogP contribution in [0.1, 0.15) is 110 Å². The van der Waals surface area contributed by atoms with Crippen LogP contribution < -0.4 is 16.0 Å². The molecule has 0 heterocycles. The van der Waals surface area contributed by atoms with E-state index in [0.29, 0.717) is 19.4 Å². The first-order valence-electron chi connectivity index (χ1n) is 15.1. The van der Waals surface area contributed by atoms with Crippen LogP contribution in [0, 0.1) is 0 Å². The third kappa shape index (κ3) is 15.7. The highest BCUT2D eigenvalue weighted by molar-refractivity contribution is 5.79. The second-order valence-corrected chi connectivity index (χ2v) is 11.9. The number of rotatable bonds is 11. The maximum atomic E-state index is 11.7. The monoisotopic (exact) mass is 561 g/mol. The Labute approximate surface area is 240 Å². The Hall–Kier alpha value is -2.81. The molecule has 1 atom stereocenters. The number of amides is 2. The van der Waals surface area contributed by atoms with Crippen molar-refractivity contribution in [2.45, 2.75) is 135 Å². The fourth-order valence-corrected chi connectivity index (χ4v) is 5.02. The minimum atomic E-state index is -1.13. The molecule has 2 amide bonds. The summed E-state index contributed by atoms with van der Waals surface area (Å²) in [6.45, 7) is 5.64. The van der Waals surface area contributed by atoms with E-state index in [0.717, 1.165) is 17.6 Å². The molecule has 9 nitrogen and oxygen atoms in total. The second kappa shape index (κ2) is 18.5. The molecule has 0 bridgehead atoms. The van der Waals surface area contributed by atoms with Crippen molar-refractivity contribution in [2.75, 3.05) is 6.54 Å². The first-order valence-corrected chi connectivity index (χ1v) is 15.1. The van der Waals surface area contributed by atoms with Gasteiger partial charge in [0.2, 0.25) is 0 Å². The zero-order valence-corrected chi connectivity index (χ0v) is 24.7. The number of hydrogen-bond acceptors (Lipinski definition) is 6. The second-order valence-electron chi connectivity index (χ2n) is 11.9. The molecule has 0 aromatic heterocycles. The topological polar surface area (TPSA) is 126 Å². The van der Waals surface area contributed by atoms with Gasteiger partial charge in [-0.1, -0.05) is 68.9 Å². The van der Waals surface area contributed by atoms with Crippen LogP contribution in [0.25, 0.3) is 0 Å². The van der Waals surface area contributed by atoms with Crippen molar-refractivity contribution in [3.63, 3.8) is 0 Å².